The fourth-order valence-corrected chi connectivity index (χ4v) is 4.57. The van der Waals surface area contributed by atoms with Gasteiger partial charge in [0, 0.05) is 12.2 Å². The average molecular weight is 550 g/mol. The van der Waals surface area contributed by atoms with E-state index in [0.29, 0.717) is 29.3 Å². The largest absolute Gasteiger partial charge is 0.494 e. The summed E-state index contributed by atoms with van der Waals surface area (Å²) < 4.78 is 23.9. The van der Waals surface area contributed by atoms with Gasteiger partial charge in [-0.1, -0.05) is 12.1 Å². The lowest BCUT2D eigenvalue weighted by Crippen LogP contribution is -2.37. The molecule has 1 atom stereocenters. The van der Waals surface area contributed by atoms with Gasteiger partial charge in [0.05, 0.1) is 30.9 Å². The first-order chi connectivity index (χ1) is 18.8. The van der Waals surface area contributed by atoms with E-state index in [0.717, 1.165) is 5.56 Å². The van der Waals surface area contributed by atoms with Crippen LogP contribution in [-0.2, 0) is 20.9 Å². The molecule has 1 aliphatic rings. The number of nitrogens with zero attached hydrogens (tertiary/aromatic N) is 2. The van der Waals surface area contributed by atoms with Crippen molar-refractivity contribution in [1.82, 2.24) is 4.90 Å². The molecule has 1 aliphatic heterocycles. The highest BCUT2D eigenvalue weighted by Crippen LogP contribution is 2.29. The number of benzene rings is 3. The normalized spacial score (nSPS) is 14.9. The molecule has 0 unspecified atom stereocenters. The quantitative estimate of drug-likeness (QED) is 0.283. The number of hydrogen-bond acceptors (Lipinski definition) is 6. The number of nitrogens with one attached hydrogen (secondary N) is 1. The first-order valence-corrected chi connectivity index (χ1v) is 12.9. The molecule has 202 valence electrons. The van der Waals surface area contributed by atoms with E-state index >= 15 is 0 Å². The molecule has 3 aromatic rings. The van der Waals surface area contributed by atoms with Gasteiger partial charge in [0.1, 0.15) is 17.6 Å². The molecule has 0 radical (unpaired) electrons. The van der Waals surface area contributed by atoms with E-state index in [-0.39, 0.29) is 42.3 Å². The highest BCUT2D eigenvalue weighted by atomic mass is 32.1. The molecular weight excluding hydrogens is 521 g/mol. The predicted molar refractivity (Wildman–Crippen MR) is 149 cm³/mol. The smallest absolute Gasteiger partial charge is 0.338 e. The van der Waals surface area contributed by atoms with Crippen molar-refractivity contribution in [2.45, 2.75) is 32.9 Å². The minimum absolute atomic E-state index is 0.162. The number of halogens is 1. The van der Waals surface area contributed by atoms with E-state index in [2.05, 4.69) is 5.32 Å². The zero-order chi connectivity index (χ0) is 27.9. The molecule has 10 heteroatoms. The third kappa shape index (κ3) is 6.58. The van der Waals surface area contributed by atoms with Crippen LogP contribution in [0.2, 0.25) is 0 Å². The Morgan fingerprint density at radius 3 is 2.23 bits per heavy atom. The third-order valence-electron chi connectivity index (χ3n) is 6.05. The fraction of sp³-hybridized carbons (Fsp3) is 0.241. The maximum absolute atomic E-state index is 13.6. The van der Waals surface area contributed by atoms with Crippen molar-refractivity contribution >= 4 is 46.5 Å². The summed E-state index contributed by atoms with van der Waals surface area (Å²) in [5.74, 6) is -0.923. The van der Waals surface area contributed by atoms with Gasteiger partial charge in [0.25, 0.3) is 5.91 Å². The Kier molecular flexibility index (Phi) is 8.88. The van der Waals surface area contributed by atoms with Crippen LogP contribution in [0, 0.1) is 5.82 Å². The SMILES string of the molecule is CCOC(=O)c1ccc(N2C(=O)[C@H](CC(=O)Nc3ccc(OCC)cc3)N(Cc3ccc(F)cc3)C2=S)cc1. The Balaban J connectivity index is 1.56. The minimum Gasteiger partial charge on any atom is -0.494 e. The number of carbonyl (C=O) groups excluding carboxylic acids is 3. The molecule has 8 nitrogen and oxygen atoms in total. The number of hydrogen-bond donors (Lipinski definition) is 1. The van der Waals surface area contributed by atoms with E-state index in [9.17, 15) is 18.8 Å². The summed E-state index contributed by atoms with van der Waals surface area (Å²) in [5.41, 5.74) is 2.08. The molecule has 1 N–H and O–H groups in total. The predicted octanol–water partition coefficient (Wildman–Crippen LogP) is 4.93. The maximum atomic E-state index is 13.6. The van der Waals surface area contributed by atoms with Gasteiger partial charge in [0.2, 0.25) is 5.91 Å². The molecule has 4 rings (SSSR count). The van der Waals surface area contributed by atoms with E-state index in [1.807, 2.05) is 6.92 Å². The van der Waals surface area contributed by atoms with Crippen LogP contribution in [0.4, 0.5) is 15.8 Å². The number of amides is 2. The number of thiocarbonyl (C=S) groups is 1. The number of anilines is 2. The van der Waals surface area contributed by atoms with Crippen LogP contribution < -0.4 is 15.0 Å². The third-order valence-corrected chi connectivity index (χ3v) is 6.47. The second-order valence-corrected chi connectivity index (χ2v) is 9.07. The molecular formula is C29H28FN3O5S. The first kappa shape index (κ1) is 27.7. The molecule has 0 spiro atoms. The van der Waals surface area contributed by atoms with Gasteiger partial charge in [-0.15, -0.1) is 0 Å². The second kappa shape index (κ2) is 12.5. The summed E-state index contributed by atoms with van der Waals surface area (Å²) >= 11 is 5.69. The summed E-state index contributed by atoms with van der Waals surface area (Å²) in [7, 11) is 0. The maximum Gasteiger partial charge on any atom is 0.338 e. The average Bonchev–Trinajstić information content (AvgIpc) is 3.15. The number of carbonyl (C=O) groups is 3. The fourth-order valence-electron chi connectivity index (χ4n) is 4.19. The number of esters is 1. The van der Waals surface area contributed by atoms with Crippen LogP contribution in [0.5, 0.6) is 5.75 Å². The van der Waals surface area contributed by atoms with E-state index in [1.54, 1.807) is 72.5 Å². The highest BCUT2D eigenvalue weighted by molar-refractivity contribution is 7.80. The van der Waals surface area contributed by atoms with Gasteiger partial charge >= 0.3 is 5.97 Å². The molecule has 3 aromatic carbocycles. The van der Waals surface area contributed by atoms with Gasteiger partial charge in [0.15, 0.2) is 5.11 Å². The van der Waals surface area contributed by atoms with Crippen LogP contribution in [-0.4, -0.2) is 47.1 Å². The summed E-state index contributed by atoms with van der Waals surface area (Å²) in [6.07, 6.45) is -0.162. The van der Waals surface area contributed by atoms with Crippen molar-refractivity contribution < 1.29 is 28.2 Å². The minimum atomic E-state index is -0.894. The van der Waals surface area contributed by atoms with E-state index in [1.165, 1.54) is 17.0 Å². The van der Waals surface area contributed by atoms with Gasteiger partial charge in [-0.2, -0.15) is 0 Å². The van der Waals surface area contributed by atoms with E-state index < -0.39 is 12.0 Å². The lowest BCUT2D eigenvalue weighted by Gasteiger charge is -2.24. The van der Waals surface area contributed by atoms with Crippen molar-refractivity contribution in [3.8, 4) is 5.75 Å². The van der Waals surface area contributed by atoms with Gasteiger partial charge < -0.3 is 19.7 Å². The van der Waals surface area contributed by atoms with E-state index in [4.69, 9.17) is 21.7 Å². The monoisotopic (exact) mass is 549 g/mol. The van der Waals surface area contributed by atoms with Gasteiger partial charge in [-0.3, -0.25) is 14.5 Å². The summed E-state index contributed by atoms with van der Waals surface area (Å²) in [6, 6.07) is 18.2. The zero-order valence-corrected chi connectivity index (χ0v) is 22.4. The molecule has 0 aliphatic carbocycles. The van der Waals surface area contributed by atoms with Crippen LogP contribution in [0.25, 0.3) is 0 Å². The van der Waals surface area contributed by atoms with Crippen LogP contribution >= 0.6 is 12.2 Å². The second-order valence-electron chi connectivity index (χ2n) is 8.70. The summed E-state index contributed by atoms with van der Waals surface area (Å²) in [4.78, 5) is 41.7. The summed E-state index contributed by atoms with van der Waals surface area (Å²) in [5, 5.41) is 3.02. The first-order valence-electron chi connectivity index (χ1n) is 12.5. The lowest BCUT2D eigenvalue weighted by atomic mass is 10.1. The van der Waals surface area contributed by atoms with Gasteiger partial charge in [-0.25, -0.2) is 9.18 Å². The van der Waals surface area contributed by atoms with Gasteiger partial charge in [-0.05, 0) is 92.3 Å². The van der Waals surface area contributed by atoms with Crippen LogP contribution in [0.15, 0.2) is 72.8 Å². The van der Waals surface area contributed by atoms with Crippen molar-refractivity contribution in [2.24, 2.45) is 0 Å². The van der Waals surface area contributed by atoms with Crippen LogP contribution in [0.1, 0.15) is 36.2 Å². The zero-order valence-electron chi connectivity index (χ0n) is 21.6. The Morgan fingerprint density at radius 1 is 0.949 bits per heavy atom. The molecule has 2 amide bonds. The number of ether oxygens (including phenoxy) is 2. The molecule has 0 bridgehead atoms. The Morgan fingerprint density at radius 2 is 1.62 bits per heavy atom. The number of rotatable bonds is 10. The highest BCUT2D eigenvalue weighted by Gasteiger charge is 2.44. The lowest BCUT2D eigenvalue weighted by molar-refractivity contribution is -0.124. The molecule has 39 heavy (non-hydrogen) atoms. The molecule has 1 heterocycles. The Labute approximate surface area is 231 Å². The molecule has 1 saturated heterocycles. The van der Waals surface area contributed by atoms with Crippen LogP contribution in [0.3, 0.4) is 0 Å². The molecule has 0 aromatic heterocycles. The topological polar surface area (TPSA) is 88.2 Å². The Hall–Kier alpha value is -4.31. The standard InChI is InChI=1S/C29H28FN3O5S/c1-3-37-24-15-11-22(12-16-24)31-26(34)17-25-27(35)33(23-13-7-20(8-14-23)28(36)38-4-2)29(39)32(25)18-19-5-9-21(30)10-6-19/h5-16,25H,3-4,17-18H2,1-2H3,(H,31,34)/t25-/m0/s1. The molecule has 0 saturated carbocycles. The Bertz CT molecular complexity index is 1350. The van der Waals surface area contributed by atoms with Crippen molar-refractivity contribution in [3.63, 3.8) is 0 Å². The molecule has 1 fully saturated rings. The van der Waals surface area contributed by atoms with Crippen molar-refractivity contribution in [3.05, 3.63) is 89.7 Å². The van der Waals surface area contributed by atoms with Crippen molar-refractivity contribution in [1.29, 1.82) is 0 Å². The van der Waals surface area contributed by atoms with Crippen molar-refractivity contribution in [2.75, 3.05) is 23.4 Å². The summed E-state index contributed by atoms with van der Waals surface area (Å²) in [6.45, 7) is 4.57.